The van der Waals surface area contributed by atoms with E-state index in [-0.39, 0.29) is 29.1 Å². The van der Waals surface area contributed by atoms with Gasteiger partial charge in [-0.3, -0.25) is 9.52 Å². The number of sulfonamides is 1. The van der Waals surface area contributed by atoms with Gasteiger partial charge in [0.25, 0.3) is 21.8 Å². The highest BCUT2D eigenvalue weighted by Crippen LogP contribution is 2.22. The SMILES string of the molecule is COc1nccnc1NS(=O)(=O)c1ccc(NC(=O)COc2ccccc2C)cc1. The highest BCUT2D eigenvalue weighted by molar-refractivity contribution is 7.92. The number of hydrogen-bond acceptors (Lipinski definition) is 7. The molecule has 30 heavy (non-hydrogen) atoms. The molecule has 1 heterocycles. The number of aromatic nitrogens is 2. The Morgan fingerprint density at radius 2 is 1.73 bits per heavy atom. The van der Waals surface area contributed by atoms with Crippen LogP contribution in [-0.2, 0) is 14.8 Å². The molecule has 2 aromatic carbocycles. The maximum Gasteiger partial charge on any atom is 0.263 e. The van der Waals surface area contributed by atoms with Crippen LogP contribution in [0.3, 0.4) is 0 Å². The Bertz CT molecular complexity index is 1130. The van der Waals surface area contributed by atoms with E-state index in [4.69, 9.17) is 9.47 Å². The van der Waals surface area contributed by atoms with Gasteiger partial charge in [0.05, 0.1) is 12.0 Å². The predicted molar refractivity (Wildman–Crippen MR) is 111 cm³/mol. The minimum Gasteiger partial charge on any atom is -0.483 e. The molecule has 0 aliphatic rings. The number of amides is 1. The van der Waals surface area contributed by atoms with Gasteiger partial charge in [-0.15, -0.1) is 0 Å². The minimum atomic E-state index is -3.91. The molecule has 3 rings (SSSR count). The van der Waals surface area contributed by atoms with Gasteiger partial charge in [-0.25, -0.2) is 18.4 Å². The highest BCUT2D eigenvalue weighted by atomic mass is 32.2. The minimum absolute atomic E-state index is 0.00985. The lowest BCUT2D eigenvalue weighted by Crippen LogP contribution is -2.20. The molecule has 3 aromatic rings. The normalized spacial score (nSPS) is 10.9. The van der Waals surface area contributed by atoms with E-state index in [0.717, 1.165) is 5.56 Å². The van der Waals surface area contributed by atoms with Crippen LogP contribution in [0.25, 0.3) is 0 Å². The second kappa shape index (κ2) is 9.23. The first-order valence-corrected chi connectivity index (χ1v) is 10.3. The maximum absolute atomic E-state index is 12.6. The zero-order valence-corrected chi connectivity index (χ0v) is 17.1. The molecule has 156 valence electrons. The summed E-state index contributed by atoms with van der Waals surface area (Å²) < 4.78 is 37.9. The molecule has 1 aromatic heterocycles. The third-order valence-electron chi connectivity index (χ3n) is 3.99. The van der Waals surface area contributed by atoms with Gasteiger partial charge < -0.3 is 14.8 Å². The van der Waals surface area contributed by atoms with Crippen LogP contribution in [0.15, 0.2) is 65.8 Å². The molecule has 0 spiro atoms. The maximum atomic E-state index is 12.6. The van der Waals surface area contributed by atoms with Crippen molar-refractivity contribution in [2.45, 2.75) is 11.8 Å². The smallest absolute Gasteiger partial charge is 0.263 e. The Balaban J connectivity index is 1.62. The van der Waals surface area contributed by atoms with Crippen molar-refractivity contribution in [3.63, 3.8) is 0 Å². The summed E-state index contributed by atoms with van der Waals surface area (Å²) in [5.74, 6) is 0.292. The fourth-order valence-corrected chi connectivity index (χ4v) is 3.51. The van der Waals surface area contributed by atoms with Crippen molar-refractivity contribution in [3.05, 3.63) is 66.5 Å². The van der Waals surface area contributed by atoms with Crippen LogP contribution in [0.4, 0.5) is 11.5 Å². The molecular weight excluding hydrogens is 408 g/mol. The molecular formula is C20H20N4O5S. The van der Waals surface area contributed by atoms with Crippen LogP contribution in [-0.4, -0.2) is 38.0 Å². The molecule has 0 unspecified atom stereocenters. The summed E-state index contributed by atoms with van der Waals surface area (Å²) in [5.41, 5.74) is 1.36. The molecule has 0 radical (unpaired) electrons. The van der Waals surface area contributed by atoms with Crippen LogP contribution in [0.5, 0.6) is 11.6 Å². The Morgan fingerprint density at radius 3 is 2.43 bits per heavy atom. The van der Waals surface area contributed by atoms with Gasteiger partial charge in [0.2, 0.25) is 5.82 Å². The van der Waals surface area contributed by atoms with E-state index in [1.54, 1.807) is 6.07 Å². The summed E-state index contributed by atoms with van der Waals surface area (Å²) in [5, 5.41) is 2.66. The molecule has 0 aliphatic carbocycles. The Hall–Kier alpha value is -3.66. The third kappa shape index (κ3) is 5.23. The third-order valence-corrected chi connectivity index (χ3v) is 5.34. The van der Waals surface area contributed by atoms with Crippen molar-refractivity contribution in [1.82, 2.24) is 9.97 Å². The number of aryl methyl sites for hydroxylation is 1. The zero-order valence-electron chi connectivity index (χ0n) is 16.3. The number of methoxy groups -OCH3 is 1. The average molecular weight is 428 g/mol. The summed E-state index contributed by atoms with van der Waals surface area (Å²) in [6.07, 6.45) is 2.73. The average Bonchev–Trinajstić information content (AvgIpc) is 2.74. The first-order valence-electron chi connectivity index (χ1n) is 8.85. The summed E-state index contributed by atoms with van der Waals surface area (Å²) in [6, 6.07) is 13.1. The monoisotopic (exact) mass is 428 g/mol. The lowest BCUT2D eigenvalue weighted by atomic mass is 10.2. The fourth-order valence-electron chi connectivity index (χ4n) is 2.51. The summed E-state index contributed by atoms with van der Waals surface area (Å²) in [6.45, 7) is 1.72. The fraction of sp³-hybridized carbons (Fsp3) is 0.150. The van der Waals surface area contributed by atoms with Crippen molar-refractivity contribution >= 4 is 27.4 Å². The summed E-state index contributed by atoms with van der Waals surface area (Å²) in [7, 11) is -2.55. The molecule has 1 amide bonds. The molecule has 0 saturated carbocycles. The largest absolute Gasteiger partial charge is 0.483 e. The number of rotatable bonds is 8. The van der Waals surface area contributed by atoms with Crippen molar-refractivity contribution < 1.29 is 22.7 Å². The predicted octanol–water partition coefficient (Wildman–Crippen LogP) is 2.61. The van der Waals surface area contributed by atoms with Crippen molar-refractivity contribution in [1.29, 1.82) is 0 Å². The molecule has 0 fully saturated rings. The van der Waals surface area contributed by atoms with E-state index in [2.05, 4.69) is 20.0 Å². The summed E-state index contributed by atoms with van der Waals surface area (Å²) in [4.78, 5) is 19.9. The number of anilines is 2. The van der Waals surface area contributed by atoms with Gasteiger partial charge in [-0.2, -0.15) is 0 Å². The van der Waals surface area contributed by atoms with Crippen LogP contribution >= 0.6 is 0 Å². The lowest BCUT2D eigenvalue weighted by Gasteiger charge is -2.11. The van der Waals surface area contributed by atoms with Gasteiger partial charge in [0, 0.05) is 18.1 Å². The number of benzene rings is 2. The zero-order chi connectivity index (χ0) is 21.6. The van der Waals surface area contributed by atoms with Crippen molar-refractivity contribution in [3.8, 4) is 11.6 Å². The first-order chi connectivity index (χ1) is 14.4. The van der Waals surface area contributed by atoms with Gasteiger partial charge >= 0.3 is 0 Å². The molecule has 0 bridgehead atoms. The van der Waals surface area contributed by atoms with Gasteiger partial charge in [0.1, 0.15) is 5.75 Å². The quantitative estimate of drug-likeness (QED) is 0.566. The highest BCUT2D eigenvalue weighted by Gasteiger charge is 2.18. The van der Waals surface area contributed by atoms with Crippen LogP contribution in [0.1, 0.15) is 5.56 Å². The van der Waals surface area contributed by atoms with E-state index in [1.165, 1.54) is 43.8 Å². The molecule has 2 N–H and O–H groups in total. The number of hydrogen-bond donors (Lipinski definition) is 2. The molecule has 10 heteroatoms. The Kier molecular flexibility index (Phi) is 6.48. The molecule has 0 atom stereocenters. The standard InChI is InChI=1S/C20H20N4O5S/c1-14-5-3-4-6-17(14)29-13-18(25)23-15-7-9-16(10-8-15)30(26,27)24-19-20(28-2)22-12-11-21-19/h3-12H,13H2,1-2H3,(H,21,24)(H,23,25). The number of carbonyl (C=O) groups excluding carboxylic acids is 1. The van der Waals surface area contributed by atoms with Crippen LogP contribution in [0.2, 0.25) is 0 Å². The number of nitrogens with one attached hydrogen (secondary N) is 2. The second-order valence-electron chi connectivity index (χ2n) is 6.15. The van der Waals surface area contributed by atoms with E-state index in [1.807, 2.05) is 25.1 Å². The lowest BCUT2D eigenvalue weighted by molar-refractivity contribution is -0.118. The van der Waals surface area contributed by atoms with Crippen LogP contribution in [0, 0.1) is 6.92 Å². The molecule has 9 nitrogen and oxygen atoms in total. The van der Waals surface area contributed by atoms with E-state index < -0.39 is 10.0 Å². The topological polar surface area (TPSA) is 120 Å². The molecule has 0 aliphatic heterocycles. The van der Waals surface area contributed by atoms with Crippen LogP contribution < -0.4 is 19.5 Å². The number of nitrogens with zero attached hydrogens (tertiary/aromatic N) is 2. The van der Waals surface area contributed by atoms with Gasteiger partial charge in [-0.05, 0) is 42.8 Å². The number of ether oxygens (including phenoxy) is 2. The number of para-hydroxylation sites is 1. The van der Waals surface area contributed by atoms with E-state index in [0.29, 0.717) is 11.4 Å². The Morgan fingerprint density at radius 1 is 1.03 bits per heavy atom. The summed E-state index contributed by atoms with van der Waals surface area (Å²) >= 11 is 0. The second-order valence-corrected chi connectivity index (χ2v) is 7.83. The first kappa shape index (κ1) is 21.1. The number of carbonyl (C=O) groups is 1. The van der Waals surface area contributed by atoms with E-state index >= 15 is 0 Å². The van der Waals surface area contributed by atoms with Gasteiger partial charge in [0.15, 0.2) is 6.61 Å². The van der Waals surface area contributed by atoms with Gasteiger partial charge in [-0.1, -0.05) is 18.2 Å². The van der Waals surface area contributed by atoms with E-state index in [9.17, 15) is 13.2 Å². The Labute approximate surface area is 174 Å². The van der Waals surface area contributed by atoms with Crippen molar-refractivity contribution in [2.24, 2.45) is 0 Å². The van der Waals surface area contributed by atoms with Crippen molar-refractivity contribution in [2.75, 3.05) is 23.8 Å². The molecule has 0 saturated heterocycles.